The van der Waals surface area contributed by atoms with Crippen molar-refractivity contribution in [3.63, 3.8) is 0 Å². The van der Waals surface area contributed by atoms with Crippen molar-refractivity contribution >= 4 is 23.9 Å². The number of ether oxygens (including phenoxy) is 4. The van der Waals surface area contributed by atoms with E-state index in [1.165, 1.54) is 6.08 Å². The van der Waals surface area contributed by atoms with E-state index in [0.29, 0.717) is 12.5 Å². The Bertz CT molecular complexity index is 833. The number of aliphatic hydroxyl groups excluding tert-OH is 3. The number of hydrogen-bond donors (Lipinski definition) is 3. The van der Waals surface area contributed by atoms with Crippen LogP contribution in [0.25, 0.3) is 0 Å². The van der Waals surface area contributed by atoms with E-state index >= 15 is 0 Å². The van der Waals surface area contributed by atoms with Gasteiger partial charge in [-0.25, -0.2) is 19.2 Å². The molecule has 11 nitrogen and oxygen atoms in total. The van der Waals surface area contributed by atoms with Crippen molar-refractivity contribution in [3.05, 3.63) is 49.8 Å². The average Bonchev–Trinajstić information content (AvgIpc) is 2.91. The highest BCUT2D eigenvalue weighted by atomic mass is 16.8. The molecule has 3 N–H and O–H groups in total. The maximum Gasteiger partial charge on any atom is 0.377 e. The maximum absolute atomic E-state index is 13.3. The second-order valence-corrected chi connectivity index (χ2v) is 8.18. The molecule has 0 amide bonds. The van der Waals surface area contributed by atoms with E-state index in [1.807, 2.05) is 13.8 Å². The van der Waals surface area contributed by atoms with E-state index in [4.69, 9.17) is 18.9 Å². The predicted molar refractivity (Wildman–Crippen MR) is 132 cm³/mol. The first-order chi connectivity index (χ1) is 17.6. The van der Waals surface area contributed by atoms with Gasteiger partial charge in [-0.15, -0.1) is 0 Å². The Balaban J connectivity index is 6.66. The van der Waals surface area contributed by atoms with Crippen molar-refractivity contribution < 1.29 is 53.4 Å². The minimum atomic E-state index is -2.78. The van der Waals surface area contributed by atoms with Gasteiger partial charge < -0.3 is 34.3 Å². The van der Waals surface area contributed by atoms with Crippen LogP contribution in [-0.4, -0.2) is 71.4 Å². The summed E-state index contributed by atoms with van der Waals surface area (Å²) in [6.07, 6.45) is 7.43. The molecule has 0 rings (SSSR count). The summed E-state index contributed by atoms with van der Waals surface area (Å²) in [7, 11) is 0. The number of rotatable bonds is 19. The molecule has 0 aromatic rings. The minimum absolute atomic E-state index is 0.147. The van der Waals surface area contributed by atoms with E-state index < -0.39 is 67.3 Å². The molecule has 0 bridgehead atoms. The third kappa shape index (κ3) is 9.95. The molecule has 208 valence electrons. The Morgan fingerprint density at radius 1 is 0.865 bits per heavy atom. The lowest BCUT2D eigenvalue weighted by molar-refractivity contribution is -0.303. The second kappa shape index (κ2) is 17.2. The zero-order valence-corrected chi connectivity index (χ0v) is 21.5. The van der Waals surface area contributed by atoms with Gasteiger partial charge in [0.1, 0.15) is 5.41 Å². The standard InChI is InChI=1S/C26H38O11/c1-6-11-12-19(7-2)13-14-20(35-22(31)9-4)24(33)37-26(36-23(32)10-5,18-34-21(30)8-3)25(15-27,16-28)17-29/h8-10,14,19,27-29H,3-7,11-13,15-18H2,1-2H3/b20-14-. The van der Waals surface area contributed by atoms with Gasteiger partial charge in [0.15, 0.2) is 6.61 Å². The number of carbonyl (C=O) groups is 4. The first kappa shape index (κ1) is 33.7. The summed E-state index contributed by atoms with van der Waals surface area (Å²) in [5.74, 6) is -7.83. The zero-order chi connectivity index (χ0) is 28.5. The zero-order valence-electron chi connectivity index (χ0n) is 21.5. The molecule has 0 saturated heterocycles. The molecule has 0 heterocycles. The van der Waals surface area contributed by atoms with Crippen molar-refractivity contribution in [3.8, 4) is 0 Å². The monoisotopic (exact) mass is 526 g/mol. The second-order valence-electron chi connectivity index (χ2n) is 8.18. The number of unbranched alkanes of at least 4 members (excludes halogenated alkanes) is 1. The van der Waals surface area contributed by atoms with Crippen LogP contribution in [0.2, 0.25) is 0 Å². The van der Waals surface area contributed by atoms with Crippen LogP contribution in [-0.2, 0) is 38.1 Å². The molecule has 0 aliphatic rings. The highest BCUT2D eigenvalue weighted by molar-refractivity contribution is 5.92. The highest BCUT2D eigenvalue weighted by Crippen LogP contribution is 2.37. The fourth-order valence-electron chi connectivity index (χ4n) is 3.16. The largest absolute Gasteiger partial charge is 0.454 e. The van der Waals surface area contributed by atoms with Crippen molar-refractivity contribution in [1.82, 2.24) is 0 Å². The van der Waals surface area contributed by atoms with Gasteiger partial charge in [-0.05, 0) is 18.4 Å². The molecule has 0 aromatic heterocycles. The van der Waals surface area contributed by atoms with E-state index in [-0.39, 0.29) is 5.92 Å². The molecule has 2 unspecified atom stereocenters. The third-order valence-corrected chi connectivity index (χ3v) is 5.74. The van der Waals surface area contributed by atoms with Crippen LogP contribution in [0.4, 0.5) is 0 Å². The van der Waals surface area contributed by atoms with Gasteiger partial charge in [-0.1, -0.05) is 59.3 Å². The van der Waals surface area contributed by atoms with Crippen molar-refractivity contribution in [2.45, 2.75) is 51.7 Å². The molecule has 0 saturated carbocycles. The van der Waals surface area contributed by atoms with Crippen LogP contribution in [0.15, 0.2) is 49.8 Å². The normalized spacial score (nSPS) is 13.9. The molecule has 0 aromatic carbocycles. The average molecular weight is 527 g/mol. The number of hydrogen-bond acceptors (Lipinski definition) is 11. The van der Waals surface area contributed by atoms with E-state index in [1.54, 1.807) is 0 Å². The molecular weight excluding hydrogens is 488 g/mol. The molecule has 0 aliphatic carbocycles. The number of aliphatic hydroxyl groups is 3. The van der Waals surface area contributed by atoms with Crippen LogP contribution in [0.1, 0.15) is 46.0 Å². The lowest BCUT2D eigenvalue weighted by Gasteiger charge is -2.44. The summed E-state index contributed by atoms with van der Waals surface area (Å²) in [5.41, 5.74) is -2.27. The van der Waals surface area contributed by atoms with E-state index in [9.17, 15) is 34.5 Å². The maximum atomic E-state index is 13.3. The molecule has 0 spiro atoms. The molecule has 0 aliphatic heterocycles. The predicted octanol–water partition coefficient (Wildman–Crippen LogP) is 1.87. The SMILES string of the molecule is C=CC(=O)OCC(OC(=O)C=C)(OC(=O)/C(=C/CC(CC)CCCC)OC(=O)C=C)C(CO)(CO)CO. The molecule has 0 fully saturated rings. The van der Waals surface area contributed by atoms with Crippen LogP contribution in [0.5, 0.6) is 0 Å². The Kier molecular flexibility index (Phi) is 15.7. The Morgan fingerprint density at radius 3 is 1.89 bits per heavy atom. The van der Waals surface area contributed by atoms with Gasteiger partial charge >= 0.3 is 29.7 Å². The van der Waals surface area contributed by atoms with Crippen LogP contribution in [0, 0.1) is 11.3 Å². The lowest BCUT2D eigenvalue weighted by Crippen LogP contribution is -2.63. The Labute approximate surface area is 217 Å². The highest BCUT2D eigenvalue weighted by Gasteiger charge is 2.59. The van der Waals surface area contributed by atoms with Gasteiger partial charge in [-0.3, -0.25) is 0 Å². The number of allylic oxidation sites excluding steroid dienone is 1. The Hall–Kier alpha value is -3.28. The summed E-state index contributed by atoms with van der Waals surface area (Å²) in [4.78, 5) is 49.2. The number of esters is 4. The minimum Gasteiger partial charge on any atom is -0.454 e. The molecule has 37 heavy (non-hydrogen) atoms. The topological polar surface area (TPSA) is 166 Å². The molecule has 2 atom stereocenters. The quantitative estimate of drug-likeness (QED) is 0.0739. The Morgan fingerprint density at radius 2 is 1.43 bits per heavy atom. The fourth-order valence-corrected chi connectivity index (χ4v) is 3.16. The van der Waals surface area contributed by atoms with Crippen LogP contribution >= 0.6 is 0 Å². The van der Waals surface area contributed by atoms with Crippen LogP contribution < -0.4 is 0 Å². The molecule has 0 radical (unpaired) electrons. The lowest BCUT2D eigenvalue weighted by atomic mass is 9.81. The van der Waals surface area contributed by atoms with Gasteiger partial charge in [-0.2, -0.15) is 0 Å². The fraction of sp³-hybridized carbons (Fsp3) is 0.538. The summed E-state index contributed by atoms with van der Waals surface area (Å²) in [6, 6.07) is 0. The van der Waals surface area contributed by atoms with Gasteiger partial charge in [0.25, 0.3) is 0 Å². The van der Waals surface area contributed by atoms with Gasteiger partial charge in [0, 0.05) is 18.2 Å². The van der Waals surface area contributed by atoms with Crippen molar-refractivity contribution in [1.29, 1.82) is 0 Å². The van der Waals surface area contributed by atoms with E-state index in [2.05, 4.69) is 19.7 Å². The van der Waals surface area contributed by atoms with Crippen LogP contribution in [0.3, 0.4) is 0 Å². The summed E-state index contributed by atoms with van der Waals surface area (Å²) < 4.78 is 20.6. The van der Waals surface area contributed by atoms with Crippen molar-refractivity contribution in [2.75, 3.05) is 26.4 Å². The summed E-state index contributed by atoms with van der Waals surface area (Å²) >= 11 is 0. The first-order valence-corrected chi connectivity index (χ1v) is 11.8. The molecular formula is C26H38O11. The summed E-state index contributed by atoms with van der Waals surface area (Å²) in [5, 5.41) is 30.1. The van der Waals surface area contributed by atoms with E-state index in [0.717, 1.165) is 37.8 Å². The first-order valence-electron chi connectivity index (χ1n) is 11.8. The summed E-state index contributed by atoms with van der Waals surface area (Å²) in [6.45, 7) is 9.42. The van der Waals surface area contributed by atoms with Gasteiger partial charge in [0.05, 0.1) is 19.8 Å². The van der Waals surface area contributed by atoms with Crippen molar-refractivity contribution in [2.24, 2.45) is 11.3 Å². The number of carbonyl (C=O) groups excluding carboxylic acids is 4. The molecule has 11 heteroatoms. The smallest absolute Gasteiger partial charge is 0.377 e. The van der Waals surface area contributed by atoms with Gasteiger partial charge in [0.2, 0.25) is 5.76 Å². The third-order valence-electron chi connectivity index (χ3n) is 5.74.